The van der Waals surface area contributed by atoms with Gasteiger partial charge in [-0.05, 0) is 13.8 Å². The molecular formula is C8H14O6. The molecule has 0 radical (unpaired) electrons. The van der Waals surface area contributed by atoms with Gasteiger partial charge >= 0.3 is 0 Å². The van der Waals surface area contributed by atoms with E-state index in [4.69, 9.17) is 20.4 Å². The first kappa shape index (κ1) is 13.2. The predicted molar refractivity (Wildman–Crippen MR) is 45.4 cm³/mol. The van der Waals surface area contributed by atoms with E-state index in [1.807, 2.05) is 0 Å². The summed E-state index contributed by atoms with van der Waals surface area (Å²) in [4.78, 5) is 21.2. The van der Waals surface area contributed by atoms with Gasteiger partial charge in [0.1, 0.15) is 24.4 Å². The summed E-state index contributed by atoms with van der Waals surface area (Å²) < 4.78 is 0. The van der Waals surface area contributed by atoms with Crippen LogP contribution >= 0.6 is 0 Å². The molecule has 0 amide bonds. The van der Waals surface area contributed by atoms with E-state index in [0.717, 1.165) is 13.8 Å². The summed E-state index contributed by atoms with van der Waals surface area (Å²) in [5.41, 5.74) is 0. The summed E-state index contributed by atoms with van der Waals surface area (Å²) in [7, 11) is 0. The van der Waals surface area contributed by atoms with Gasteiger partial charge in [-0.25, -0.2) is 0 Å². The van der Waals surface area contributed by atoms with Crippen LogP contribution in [0.4, 0.5) is 0 Å². The van der Waals surface area contributed by atoms with Gasteiger partial charge in [-0.3, -0.25) is 9.59 Å². The Balaban J connectivity index is 4.45. The van der Waals surface area contributed by atoms with Crippen LogP contribution in [-0.2, 0) is 9.59 Å². The van der Waals surface area contributed by atoms with Gasteiger partial charge in [0.15, 0.2) is 11.6 Å². The highest BCUT2D eigenvalue weighted by Gasteiger charge is 2.34. The third kappa shape index (κ3) is 3.15. The summed E-state index contributed by atoms with van der Waals surface area (Å²) in [5, 5.41) is 36.3. The Morgan fingerprint density at radius 3 is 1.14 bits per heavy atom. The summed E-state index contributed by atoms with van der Waals surface area (Å²) in [6.07, 6.45) is -7.35. The maximum Gasteiger partial charge on any atom is 0.160 e. The van der Waals surface area contributed by atoms with Crippen molar-refractivity contribution >= 4 is 11.6 Å². The Morgan fingerprint density at radius 2 is 1.00 bits per heavy atom. The van der Waals surface area contributed by atoms with Crippen LogP contribution in [0.2, 0.25) is 0 Å². The van der Waals surface area contributed by atoms with Crippen LogP contribution < -0.4 is 0 Å². The second kappa shape index (κ2) is 5.16. The largest absolute Gasteiger partial charge is 0.387 e. The first-order valence-corrected chi connectivity index (χ1v) is 4.02. The molecule has 6 nitrogen and oxygen atoms in total. The third-order valence-electron chi connectivity index (χ3n) is 1.83. The smallest absolute Gasteiger partial charge is 0.160 e. The molecule has 0 aliphatic rings. The van der Waals surface area contributed by atoms with Crippen molar-refractivity contribution in [3.8, 4) is 0 Å². The maximum atomic E-state index is 10.6. The van der Waals surface area contributed by atoms with E-state index in [-0.39, 0.29) is 0 Å². The van der Waals surface area contributed by atoms with E-state index in [9.17, 15) is 9.59 Å². The molecule has 0 aromatic rings. The Labute approximate surface area is 80.8 Å². The number of ketones is 2. The summed E-state index contributed by atoms with van der Waals surface area (Å²) >= 11 is 0. The van der Waals surface area contributed by atoms with Crippen LogP contribution in [0.15, 0.2) is 0 Å². The number of carbonyl (C=O) groups is 2. The van der Waals surface area contributed by atoms with Crippen LogP contribution in [0.3, 0.4) is 0 Å². The monoisotopic (exact) mass is 206 g/mol. The third-order valence-corrected chi connectivity index (χ3v) is 1.83. The number of carbonyl (C=O) groups excluding carboxylic acids is 2. The summed E-state index contributed by atoms with van der Waals surface area (Å²) in [6, 6.07) is 0. The fraction of sp³-hybridized carbons (Fsp3) is 0.750. The quantitative estimate of drug-likeness (QED) is 0.399. The Bertz CT molecular complexity index is 202. The summed E-state index contributed by atoms with van der Waals surface area (Å²) in [5.74, 6) is -1.51. The molecule has 14 heavy (non-hydrogen) atoms. The molecule has 0 unspecified atom stereocenters. The van der Waals surface area contributed by atoms with Crippen LogP contribution in [-0.4, -0.2) is 56.4 Å². The molecular weight excluding hydrogens is 192 g/mol. The number of rotatable bonds is 5. The second-order valence-corrected chi connectivity index (χ2v) is 3.09. The van der Waals surface area contributed by atoms with E-state index in [1.54, 1.807) is 0 Å². The van der Waals surface area contributed by atoms with Crippen molar-refractivity contribution in [1.82, 2.24) is 0 Å². The lowest BCUT2D eigenvalue weighted by molar-refractivity contribution is -0.151. The van der Waals surface area contributed by atoms with Gasteiger partial charge in [0.05, 0.1) is 0 Å². The van der Waals surface area contributed by atoms with Gasteiger partial charge in [0.2, 0.25) is 0 Å². The van der Waals surface area contributed by atoms with Crippen molar-refractivity contribution < 1.29 is 30.0 Å². The highest BCUT2D eigenvalue weighted by atomic mass is 16.4. The van der Waals surface area contributed by atoms with Crippen molar-refractivity contribution in [1.29, 1.82) is 0 Å². The Morgan fingerprint density at radius 1 is 0.786 bits per heavy atom. The molecule has 0 heterocycles. The number of aliphatic hydroxyl groups excluding tert-OH is 4. The zero-order valence-corrected chi connectivity index (χ0v) is 7.91. The van der Waals surface area contributed by atoms with Crippen molar-refractivity contribution in [2.45, 2.75) is 38.3 Å². The van der Waals surface area contributed by atoms with Gasteiger partial charge in [0.25, 0.3) is 0 Å². The molecule has 0 saturated carbocycles. The van der Waals surface area contributed by atoms with Gasteiger partial charge in [-0.15, -0.1) is 0 Å². The van der Waals surface area contributed by atoms with Crippen molar-refractivity contribution in [2.24, 2.45) is 0 Å². The highest BCUT2D eigenvalue weighted by Crippen LogP contribution is 2.06. The second-order valence-electron chi connectivity index (χ2n) is 3.09. The van der Waals surface area contributed by atoms with E-state index in [1.165, 1.54) is 0 Å². The summed E-state index contributed by atoms with van der Waals surface area (Å²) in [6.45, 7) is 2.03. The lowest BCUT2D eigenvalue weighted by Gasteiger charge is -2.23. The highest BCUT2D eigenvalue weighted by molar-refractivity contribution is 5.82. The average Bonchev–Trinajstić information content (AvgIpc) is 2.12. The molecule has 0 aromatic carbocycles. The molecule has 82 valence electrons. The number of hydrogen-bond acceptors (Lipinski definition) is 6. The molecule has 0 aliphatic carbocycles. The first-order chi connectivity index (χ1) is 6.29. The minimum absolute atomic E-state index is 0.757. The molecule has 0 rings (SSSR count). The fourth-order valence-corrected chi connectivity index (χ4v) is 0.854. The zero-order chi connectivity index (χ0) is 11.5. The molecule has 0 spiro atoms. The van der Waals surface area contributed by atoms with E-state index >= 15 is 0 Å². The van der Waals surface area contributed by atoms with Crippen LogP contribution in [0.5, 0.6) is 0 Å². The fourth-order valence-electron chi connectivity index (χ4n) is 0.854. The average molecular weight is 206 g/mol. The van der Waals surface area contributed by atoms with Crippen molar-refractivity contribution in [2.75, 3.05) is 0 Å². The standard InChI is InChI=1S/C8H14O6/c1-3(9)5(11)7(13)8(14)6(12)4(2)10/h5-8,11-14H,1-2H3/t5-,6+,7+,8-. The Kier molecular flexibility index (Phi) is 4.86. The van der Waals surface area contributed by atoms with Crippen LogP contribution in [0.1, 0.15) is 13.8 Å². The first-order valence-electron chi connectivity index (χ1n) is 4.02. The normalized spacial score (nSPS) is 19.6. The minimum atomic E-state index is -1.87. The topological polar surface area (TPSA) is 115 Å². The molecule has 0 fully saturated rings. The van der Waals surface area contributed by atoms with Crippen LogP contribution in [0, 0.1) is 0 Å². The zero-order valence-electron chi connectivity index (χ0n) is 7.91. The lowest BCUT2D eigenvalue weighted by Crippen LogP contribution is -2.49. The van der Waals surface area contributed by atoms with Gasteiger partial charge in [0, 0.05) is 0 Å². The molecule has 6 heteroatoms. The molecule has 0 aliphatic heterocycles. The molecule has 0 bridgehead atoms. The molecule has 4 atom stereocenters. The number of hydrogen-bond donors (Lipinski definition) is 4. The molecule has 0 aromatic heterocycles. The maximum absolute atomic E-state index is 10.6. The molecule has 4 N–H and O–H groups in total. The van der Waals surface area contributed by atoms with Gasteiger partial charge in [-0.2, -0.15) is 0 Å². The SMILES string of the molecule is CC(=O)[C@@H](O)[C@H](O)[C@H](O)[C@@H](O)C(C)=O. The number of aliphatic hydroxyl groups is 4. The lowest BCUT2D eigenvalue weighted by atomic mass is 9.99. The van der Waals surface area contributed by atoms with Crippen molar-refractivity contribution in [3.63, 3.8) is 0 Å². The Hall–Kier alpha value is -0.820. The van der Waals surface area contributed by atoms with E-state index in [0.29, 0.717) is 0 Å². The van der Waals surface area contributed by atoms with E-state index in [2.05, 4.69) is 0 Å². The van der Waals surface area contributed by atoms with Gasteiger partial charge in [-0.1, -0.05) is 0 Å². The van der Waals surface area contributed by atoms with Crippen molar-refractivity contribution in [3.05, 3.63) is 0 Å². The van der Waals surface area contributed by atoms with Crippen LogP contribution in [0.25, 0.3) is 0 Å². The van der Waals surface area contributed by atoms with Gasteiger partial charge < -0.3 is 20.4 Å². The minimum Gasteiger partial charge on any atom is -0.387 e. The predicted octanol–water partition coefficient (Wildman–Crippen LogP) is -2.39. The number of Topliss-reactive ketones (excluding diaryl/α,β-unsaturated/α-hetero) is 2. The van der Waals surface area contributed by atoms with E-state index < -0.39 is 36.0 Å². The molecule has 0 saturated heterocycles.